The summed E-state index contributed by atoms with van der Waals surface area (Å²) in [6.45, 7) is 2.27. The molecule has 4 N–H and O–H groups in total. The van der Waals surface area contributed by atoms with Gasteiger partial charge in [0, 0.05) is 24.7 Å². The molecule has 0 spiro atoms. The number of nitrogens with one attached hydrogen (secondary N) is 3. The first kappa shape index (κ1) is 23.3. The minimum absolute atomic E-state index is 0.0831. The molecular weight excluding hydrogens is 440 g/mol. The summed E-state index contributed by atoms with van der Waals surface area (Å²) in [5.74, 6) is 0.0239. The van der Waals surface area contributed by atoms with Crippen molar-refractivity contribution >= 4 is 0 Å². The molecule has 0 aliphatic carbocycles. The van der Waals surface area contributed by atoms with E-state index in [9.17, 15) is 22.7 Å². The Morgan fingerprint density at radius 1 is 1.15 bits per heavy atom. The summed E-state index contributed by atoms with van der Waals surface area (Å²) in [5, 5.41) is 16.5. The molecule has 6 nitrogen and oxygen atoms in total. The van der Waals surface area contributed by atoms with Crippen molar-refractivity contribution in [2.75, 3.05) is 7.11 Å². The van der Waals surface area contributed by atoms with Gasteiger partial charge in [0.2, 0.25) is 0 Å². The first-order valence-corrected chi connectivity index (χ1v) is 10.6. The Labute approximate surface area is 189 Å². The van der Waals surface area contributed by atoms with Crippen molar-refractivity contribution in [3.63, 3.8) is 0 Å². The van der Waals surface area contributed by atoms with Crippen LogP contribution in [-0.2, 0) is 18.3 Å². The minimum atomic E-state index is -4.43. The van der Waals surface area contributed by atoms with E-state index < -0.39 is 23.2 Å². The maximum atomic E-state index is 13.8. The molecule has 33 heavy (non-hydrogen) atoms. The Hall–Kier alpha value is -2.82. The number of aliphatic hydroxyl groups is 1. The van der Waals surface area contributed by atoms with E-state index in [2.05, 4.69) is 16.3 Å². The first-order valence-electron chi connectivity index (χ1n) is 10.6. The zero-order chi connectivity index (χ0) is 23.8. The maximum absolute atomic E-state index is 13.8. The number of halogens is 4. The molecule has 0 radical (unpaired) electrons. The zero-order valence-corrected chi connectivity index (χ0v) is 18.2. The highest BCUT2D eigenvalue weighted by molar-refractivity contribution is 5.32. The van der Waals surface area contributed by atoms with Crippen molar-refractivity contribution in [2.24, 2.45) is 0 Å². The zero-order valence-electron chi connectivity index (χ0n) is 18.2. The highest BCUT2D eigenvalue weighted by atomic mass is 19.4. The van der Waals surface area contributed by atoms with E-state index in [1.807, 2.05) is 13.1 Å². The summed E-state index contributed by atoms with van der Waals surface area (Å²) in [4.78, 5) is 0. The van der Waals surface area contributed by atoms with Gasteiger partial charge in [-0.25, -0.2) is 4.39 Å². The molecule has 1 unspecified atom stereocenters. The van der Waals surface area contributed by atoms with Crippen LogP contribution in [0.5, 0.6) is 5.75 Å². The summed E-state index contributed by atoms with van der Waals surface area (Å²) < 4.78 is 57.6. The van der Waals surface area contributed by atoms with Crippen LogP contribution in [0.3, 0.4) is 0 Å². The number of alkyl halides is 3. The second-order valence-electron chi connectivity index (χ2n) is 8.58. The van der Waals surface area contributed by atoms with Crippen molar-refractivity contribution in [2.45, 2.75) is 50.2 Å². The van der Waals surface area contributed by atoms with E-state index in [-0.39, 0.29) is 18.5 Å². The van der Waals surface area contributed by atoms with Crippen LogP contribution in [0.15, 0.2) is 54.4 Å². The van der Waals surface area contributed by atoms with E-state index in [0.717, 1.165) is 17.8 Å². The first-order chi connectivity index (χ1) is 15.6. The smallest absolute Gasteiger partial charge is 0.416 e. The molecule has 1 fully saturated rings. The number of methoxy groups -OCH3 is 1. The van der Waals surface area contributed by atoms with Crippen LogP contribution in [-0.4, -0.2) is 29.3 Å². The summed E-state index contributed by atoms with van der Waals surface area (Å²) in [6, 6.07) is 8.78. The largest absolute Gasteiger partial charge is 0.497 e. The molecule has 4 rings (SSSR count). The van der Waals surface area contributed by atoms with E-state index in [4.69, 9.17) is 4.74 Å². The summed E-state index contributed by atoms with van der Waals surface area (Å²) in [6.07, 6.45) is -1.97. The molecule has 2 heterocycles. The third kappa shape index (κ3) is 5.23. The van der Waals surface area contributed by atoms with Crippen LogP contribution in [0, 0.1) is 5.82 Å². The van der Waals surface area contributed by atoms with Crippen molar-refractivity contribution in [1.82, 2.24) is 21.3 Å². The molecule has 2 aliphatic heterocycles. The normalized spacial score (nSPS) is 25.5. The van der Waals surface area contributed by atoms with Gasteiger partial charge in [-0.05, 0) is 48.7 Å². The maximum Gasteiger partial charge on any atom is 0.416 e. The average molecular weight is 466 g/mol. The Kier molecular flexibility index (Phi) is 6.26. The van der Waals surface area contributed by atoms with Crippen LogP contribution >= 0.6 is 0 Å². The summed E-state index contributed by atoms with van der Waals surface area (Å²) >= 11 is 0. The van der Waals surface area contributed by atoms with Crippen LogP contribution in [0.1, 0.15) is 36.5 Å². The average Bonchev–Trinajstić information content (AvgIpc) is 3.20. The van der Waals surface area contributed by atoms with Gasteiger partial charge >= 0.3 is 6.18 Å². The summed E-state index contributed by atoms with van der Waals surface area (Å²) in [5.41, 5.74) is 5.94. The van der Waals surface area contributed by atoms with Gasteiger partial charge in [0.15, 0.2) is 0 Å². The number of ether oxygens (including phenoxy) is 1. The van der Waals surface area contributed by atoms with Crippen molar-refractivity contribution in [3.8, 4) is 5.75 Å². The molecular formula is C23H26F4N4O2. The van der Waals surface area contributed by atoms with Gasteiger partial charge in [-0.1, -0.05) is 12.1 Å². The van der Waals surface area contributed by atoms with Crippen molar-refractivity contribution in [3.05, 3.63) is 76.9 Å². The van der Waals surface area contributed by atoms with Gasteiger partial charge in [0.05, 0.1) is 36.6 Å². The molecule has 2 aromatic rings. The number of hydrogen-bond acceptors (Lipinski definition) is 6. The predicted molar refractivity (Wildman–Crippen MR) is 114 cm³/mol. The molecule has 0 saturated carbocycles. The lowest BCUT2D eigenvalue weighted by atomic mass is 9.78. The number of piperidine rings is 1. The molecule has 2 aromatic carbocycles. The lowest BCUT2D eigenvalue weighted by Gasteiger charge is -2.41. The van der Waals surface area contributed by atoms with E-state index in [1.165, 1.54) is 31.4 Å². The van der Waals surface area contributed by atoms with Crippen LogP contribution in [0.4, 0.5) is 17.6 Å². The monoisotopic (exact) mass is 466 g/mol. The number of benzene rings is 2. The fraction of sp³-hybridized carbons (Fsp3) is 0.391. The number of hydrogen-bond donors (Lipinski definition) is 4. The number of nitrogens with zero attached hydrogens (tertiary/aromatic N) is 1. The Bertz CT molecular complexity index is 1030. The molecule has 2 aliphatic rings. The molecule has 3 atom stereocenters. The highest BCUT2D eigenvalue weighted by Crippen LogP contribution is 2.38. The van der Waals surface area contributed by atoms with Gasteiger partial charge in [0.1, 0.15) is 11.6 Å². The van der Waals surface area contributed by atoms with Gasteiger partial charge in [-0.2, -0.15) is 13.2 Å². The third-order valence-corrected chi connectivity index (χ3v) is 5.95. The second-order valence-corrected chi connectivity index (χ2v) is 8.58. The highest BCUT2D eigenvalue weighted by Gasteiger charge is 2.41. The van der Waals surface area contributed by atoms with E-state index in [1.54, 1.807) is 11.1 Å². The lowest BCUT2D eigenvalue weighted by molar-refractivity contribution is -0.137. The van der Waals surface area contributed by atoms with Gasteiger partial charge in [0.25, 0.3) is 0 Å². The summed E-state index contributed by atoms with van der Waals surface area (Å²) in [7, 11) is 1.47. The molecule has 0 bridgehead atoms. The Morgan fingerprint density at radius 2 is 1.88 bits per heavy atom. The van der Waals surface area contributed by atoms with Crippen LogP contribution in [0.2, 0.25) is 0 Å². The fourth-order valence-electron chi connectivity index (χ4n) is 4.45. The van der Waals surface area contributed by atoms with E-state index >= 15 is 0 Å². The quantitative estimate of drug-likeness (QED) is 0.506. The van der Waals surface area contributed by atoms with Gasteiger partial charge in [-0.3, -0.25) is 5.01 Å². The molecule has 10 heteroatoms. The van der Waals surface area contributed by atoms with E-state index in [0.29, 0.717) is 29.8 Å². The van der Waals surface area contributed by atoms with Crippen LogP contribution in [0.25, 0.3) is 0 Å². The van der Waals surface area contributed by atoms with Crippen molar-refractivity contribution < 1.29 is 27.4 Å². The topological polar surface area (TPSA) is 68.8 Å². The standard InChI is InChI=1S/C23H26F4N4O2/c1-14-10-22(32,16-3-5-17(6-4-16)23(25,26)27)11-20(28-14)21-13-31(30-29-21)12-15-7-18(24)9-19(8-15)33-2/h3-9,13-14,20,28-30,32H,10-12H2,1-2H3/t14-,20-,22?/m0/s1. The Morgan fingerprint density at radius 3 is 2.55 bits per heavy atom. The van der Waals surface area contributed by atoms with Crippen LogP contribution < -0.4 is 21.0 Å². The minimum Gasteiger partial charge on any atom is -0.497 e. The number of rotatable bonds is 5. The fourth-order valence-corrected chi connectivity index (χ4v) is 4.45. The molecule has 1 saturated heterocycles. The molecule has 178 valence electrons. The lowest BCUT2D eigenvalue weighted by Crippen LogP contribution is -2.53. The van der Waals surface area contributed by atoms with Crippen molar-refractivity contribution in [1.29, 1.82) is 0 Å². The second kappa shape index (κ2) is 8.85. The van der Waals surface area contributed by atoms with Gasteiger partial charge in [-0.15, -0.1) is 5.53 Å². The van der Waals surface area contributed by atoms with Gasteiger partial charge < -0.3 is 20.6 Å². The predicted octanol–water partition coefficient (Wildman–Crippen LogP) is 3.55. The molecule has 0 aromatic heterocycles. The molecule has 0 amide bonds. The Balaban J connectivity index is 1.49. The SMILES string of the molecule is COc1cc(F)cc(CN2C=C([C@@H]3CC(O)(c4ccc(C(F)(F)F)cc4)C[C@H](C)N3)NN2)c1. The third-order valence-electron chi connectivity index (χ3n) is 5.95. The number of hydrazine groups is 2.